The molecule has 2 nitrogen and oxygen atoms in total. The number of rotatable bonds is 2. The molecule has 118 valence electrons. The van der Waals surface area contributed by atoms with Crippen molar-refractivity contribution in [3.05, 3.63) is 119 Å². The summed E-state index contributed by atoms with van der Waals surface area (Å²) in [5.74, 6) is 0. The molecule has 3 aromatic carbocycles. The van der Waals surface area contributed by atoms with E-state index in [1.54, 1.807) is 12.2 Å². The first-order valence-corrected chi connectivity index (χ1v) is 8.01. The molecule has 2 N–H and O–H groups in total. The molecule has 0 amide bonds. The zero-order valence-electron chi connectivity index (χ0n) is 13.1. The van der Waals surface area contributed by atoms with Gasteiger partial charge in [-0.25, -0.2) is 0 Å². The van der Waals surface area contributed by atoms with Crippen molar-refractivity contribution in [2.45, 2.75) is 11.2 Å². The van der Waals surface area contributed by atoms with Gasteiger partial charge in [-0.3, -0.25) is 0 Å². The zero-order chi connectivity index (χ0) is 16.6. The Morgan fingerprint density at radius 1 is 0.458 bits per heavy atom. The van der Waals surface area contributed by atoms with Gasteiger partial charge in [0.1, 0.15) is 11.2 Å². The van der Waals surface area contributed by atoms with E-state index >= 15 is 0 Å². The summed E-state index contributed by atoms with van der Waals surface area (Å²) in [5.41, 5.74) is 0.459. The van der Waals surface area contributed by atoms with Gasteiger partial charge in [0.05, 0.1) is 0 Å². The molecule has 0 radical (unpaired) electrons. The van der Waals surface area contributed by atoms with Gasteiger partial charge in [-0.2, -0.15) is 0 Å². The zero-order valence-corrected chi connectivity index (χ0v) is 13.1. The molecule has 1 aliphatic carbocycles. The van der Waals surface area contributed by atoms with Crippen LogP contribution in [0.25, 0.3) is 0 Å². The van der Waals surface area contributed by atoms with Gasteiger partial charge in [-0.15, -0.1) is 0 Å². The Hall–Kier alpha value is -2.68. The molecule has 0 spiro atoms. The maximum Gasteiger partial charge on any atom is 0.134 e. The van der Waals surface area contributed by atoms with Crippen molar-refractivity contribution in [2.75, 3.05) is 0 Å². The van der Waals surface area contributed by atoms with Crippen molar-refractivity contribution in [2.24, 2.45) is 0 Å². The molecule has 4 rings (SSSR count). The molecule has 2 atom stereocenters. The minimum atomic E-state index is -1.25. The lowest BCUT2D eigenvalue weighted by Crippen LogP contribution is -2.37. The van der Waals surface area contributed by atoms with Gasteiger partial charge in [0.25, 0.3) is 0 Å². The van der Waals surface area contributed by atoms with Crippen LogP contribution in [-0.4, -0.2) is 10.2 Å². The third-order valence-electron chi connectivity index (χ3n) is 4.74. The quantitative estimate of drug-likeness (QED) is 0.708. The van der Waals surface area contributed by atoms with E-state index in [4.69, 9.17) is 0 Å². The van der Waals surface area contributed by atoms with E-state index in [0.717, 1.165) is 11.1 Å². The molecular weight excluding hydrogens is 296 g/mol. The summed E-state index contributed by atoms with van der Waals surface area (Å²) in [6.45, 7) is 0. The van der Waals surface area contributed by atoms with Crippen LogP contribution in [-0.2, 0) is 11.2 Å². The summed E-state index contributed by atoms with van der Waals surface area (Å²) >= 11 is 0. The highest BCUT2D eigenvalue weighted by molar-refractivity contribution is 5.55. The number of benzene rings is 3. The summed E-state index contributed by atoms with van der Waals surface area (Å²) in [6, 6.07) is 26.6. The van der Waals surface area contributed by atoms with E-state index in [2.05, 4.69) is 0 Å². The third-order valence-corrected chi connectivity index (χ3v) is 4.74. The minimum absolute atomic E-state index is 0.699. The predicted molar refractivity (Wildman–Crippen MR) is 94.5 cm³/mol. The van der Waals surface area contributed by atoms with Gasteiger partial charge in [-0.05, 0) is 34.4 Å². The van der Waals surface area contributed by atoms with Crippen molar-refractivity contribution in [1.29, 1.82) is 0 Å². The number of hydrogen-bond acceptors (Lipinski definition) is 2. The highest BCUT2D eigenvalue weighted by Gasteiger charge is 2.42. The second-order valence-corrected chi connectivity index (χ2v) is 6.14. The fourth-order valence-corrected chi connectivity index (χ4v) is 3.46. The second-order valence-electron chi connectivity index (χ2n) is 6.14. The maximum absolute atomic E-state index is 11.4. The number of hydrogen-bond donors (Lipinski definition) is 2. The Morgan fingerprint density at radius 2 is 0.792 bits per heavy atom. The summed E-state index contributed by atoms with van der Waals surface area (Å²) < 4.78 is 0. The summed E-state index contributed by atoms with van der Waals surface area (Å²) in [4.78, 5) is 0. The largest absolute Gasteiger partial charge is 0.377 e. The molecule has 24 heavy (non-hydrogen) atoms. The standard InChI is InChI=1S/C22H18O2/c23-21(17-9-3-1-4-10-17)15-16-22(24,18-11-5-2-6-12-18)20-14-8-7-13-19(20)21/h1-16,23-24H. The lowest BCUT2D eigenvalue weighted by atomic mass is 9.71. The number of aliphatic hydroxyl groups is 2. The van der Waals surface area contributed by atoms with Crippen molar-refractivity contribution in [1.82, 2.24) is 0 Å². The molecule has 0 heterocycles. The first-order valence-electron chi connectivity index (χ1n) is 8.01. The van der Waals surface area contributed by atoms with E-state index in [-0.39, 0.29) is 0 Å². The molecule has 0 saturated heterocycles. The molecule has 0 fully saturated rings. The van der Waals surface area contributed by atoms with Crippen LogP contribution in [0.3, 0.4) is 0 Å². The SMILES string of the molecule is OC1(c2ccccc2)C=CC(O)(c2ccccc2)c2ccccc21. The molecule has 0 saturated carbocycles. The molecule has 0 aliphatic heterocycles. The molecule has 2 unspecified atom stereocenters. The van der Waals surface area contributed by atoms with Crippen LogP contribution in [0, 0.1) is 0 Å². The topological polar surface area (TPSA) is 40.5 Å². The van der Waals surface area contributed by atoms with Crippen molar-refractivity contribution in [3.8, 4) is 0 Å². The molecule has 2 heteroatoms. The van der Waals surface area contributed by atoms with Crippen molar-refractivity contribution >= 4 is 0 Å². The van der Waals surface area contributed by atoms with Crippen LogP contribution in [0.1, 0.15) is 22.3 Å². The normalized spacial score (nSPS) is 25.2. The van der Waals surface area contributed by atoms with Gasteiger partial charge >= 0.3 is 0 Å². The lowest BCUT2D eigenvalue weighted by molar-refractivity contribution is 0.0904. The fourth-order valence-electron chi connectivity index (χ4n) is 3.46. The molecule has 0 bridgehead atoms. The summed E-state index contributed by atoms with van der Waals surface area (Å²) in [5, 5.41) is 22.8. The van der Waals surface area contributed by atoms with E-state index in [1.807, 2.05) is 84.9 Å². The average molecular weight is 314 g/mol. The Morgan fingerprint density at radius 3 is 1.17 bits per heavy atom. The van der Waals surface area contributed by atoms with Gasteiger partial charge in [0.15, 0.2) is 0 Å². The van der Waals surface area contributed by atoms with Crippen LogP contribution in [0.2, 0.25) is 0 Å². The van der Waals surface area contributed by atoms with Gasteiger partial charge < -0.3 is 10.2 Å². The van der Waals surface area contributed by atoms with E-state index in [9.17, 15) is 10.2 Å². The monoisotopic (exact) mass is 314 g/mol. The summed E-state index contributed by atoms with van der Waals surface area (Å²) in [6.07, 6.45) is 3.38. The minimum Gasteiger partial charge on any atom is -0.377 e. The molecule has 3 aromatic rings. The highest BCUT2D eigenvalue weighted by atomic mass is 16.3. The van der Waals surface area contributed by atoms with Gasteiger partial charge in [0, 0.05) is 0 Å². The average Bonchev–Trinajstić information content (AvgIpc) is 2.67. The predicted octanol–water partition coefficient (Wildman–Crippen LogP) is 3.73. The lowest BCUT2D eigenvalue weighted by Gasteiger charge is -2.39. The van der Waals surface area contributed by atoms with E-state index < -0.39 is 11.2 Å². The smallest absolute Gasteiger partial charge is 0.134 e. The van der Waals surface area contributed by atoms with Crippen molar-refractivity contribution < 1.29 is 10.2 Å². The summed E-state index contributed by atoms with van der Waals surface area (Å²) in [7, 11) is 0. The fraction of sp³-hybridized carbons (Fsp3) is 0.0909. The molecular formula is C22H18O2. The third kappa shape index (κ3) is 2.12. The van der Waals surface area contributed by atoms with Crippen LogP contribution in [0.15, 0.2) is 97.1 Å². The van der Waals surface area contributed by atoms with Crippen LogP contribution in [0.4, 0.5) is 0 Å². The Balaban J connectivity index is 1.95. The number of fused-ring (bicyclic) bond motifs is 1. The first-order chi connectivity index (χ1) is 11.6. The van der Waals surface area contributed by atoms with Gasteiger partial charge in [0.2, 0.25) is 0 Å². The Kier molecular flexibility index (Phi) is 3.38. The first kappa shape index (κ1) is 14.9. The van der Waals surface area contributed by atoms with E-state index in [0.29, 0.717) is 11.1 Å². The van der Waals surface area contributed by atoms with Crippen molar-refractivity contribution in [3.63, 3.8) is 0 Å². The molecule has 1 aliphatic rings. The van der Waals surface area contributed by atoms with Crippen LogP contribution in [0.5, 0.6) is 0 Å². The van der Waals surface area contributed by atoms with Crippen LogP contribution >= 0.6 is 0 Å². The second kappa shape index (κ2) is 5.45. The van der Waals surface area contributed by atoms with Crippen LogP contribution < -0.4 is 0 Å². The maximum atomic E-state index is 11.4. The van der Waals surface area contributed by atoms with Gasteiger partial charge in [-0.1, -0.05) is 84.9 Å². The highest BCUT2D eigenvalue weighted by Crippen LogP contribution is 2.45. The molecule has 0 aromatic heterocycles. The Labute approximate surface area is 141 Å². The van der Waals surface area contributed by atoms with E-state index in [1.165, 1.54) is 0 Å². The Bertz CT molecular complexity index is 812.